The maximum absolute atomic E-state index is 12.8. The van der Waals surface area contributed by atoms with Gasteiger partial charge in [0, 0.05) is 19.6 Å². The highest BCUT2D eigenvalue weighted by Crippen LogP contribution is 2.24. The van der Waals surface area contributed by atoms with Crippen molar-refractivity contribution in [2.75, 3.05) is 13.6 Å². The van der Waals surface area contributed by atoms with Crippen LogP contribution in [-0.4, -0.2) is 32.4 Å². The average molecular weight is 312 g/mol. The Labute approximate surface area is 129 Å². The molecule has 120 valence electrons. The van der Waals surface area contributed by atoms with Crippen LogP contribution in [0.4, 0.5) is 0 Å². The van der Waals surface area contributed by atoms with Gasteiger partial charge in [0.05, 0.1) is 4.90 Å². The first-order valence-electron chi connectivity index (χ1n) is 7.50. The van der Waals surface area contributed by atoms with Gasteiger partial charge >= 0.3 is 0 Å². The molecule has 0 amide bonds. The van der Waals surface area contributed by atoms with E-state index in [4.69, 9.17) is 0 Å². The van der Waals surface area contributed by atoms with Crippen LogP contribution >= 0.6 is 0 Å². The summed E-state index contributed by atoms with van der Waals surface area (Å²) in [6.45, 7) is 11.5. The van der Waals surface area contributed by atoms with Crippen LogP contribution < -0.4 is 5.32 Å². The maximum atomic E-state index is 12.8. The first kappa shape index (κ1) is 18.1. The molecule has 1 aromatic rings. The third-order valence-corrected chi connectivity index (χ3v) is 6.25. The van der Waals surface area contributed by atoms with Crippen LogP contribution in [0.1, 0.15) is 38.8 Å². The second kappa shape index (κ2) is 7.38. The van der Waals surface area contributed by atoms with Gasteiger partial charge < -0.3 is 5.32 Å². The van der Waals surface area contributed by atoms with Crippen molar-refractivity contribution >= 4 is 10.0 Å². The molecule has 1 rings (SSSR count). The van der Waals surface area contributed by atoms with E-state index in [1.165, 1.54) is 4.31 Å². The van der Waals surface area contributed by atoms with Crippen molar-refractivity contribution in [3.8, 4) is 0 Å². The molecule has 1 N–H and O–H groups in total. The van der Waals surface area contributed by atoms with Crippen LogP contribution in [0.25, 0.3) is 0 Å². The van der Waals surface area contributed by atoms with Crippen LogP contribution in [0.15, 0.2) is 23.1 Å². The molecule has 1 atom stereocenters. The van der Waals surface area contributed by atoms with Crippen LogP contribution in [-0.2, 0) is 16.6 Å². The van der Waals surface area contributed by atoms with E-state index in [0.29, 0.717) is 11.4 Å². The molecule has 1 unspecified atom stereocenters. The molecule has 0 aliphatic carbocycles. The number of hydrogen-bond acceptors (Lipinski definition) is 3. The predicted molar refractivity (Wildman–Crippen MR) is 87.8 cm³/mol. The summed E-state index contributed by atoms with van der Waals surface area (Å²) in [5, 5.41) is 3.25. The molecular formula is C16H28N2O2S. The molecule has 21 heavy (non-hydrogen) atoms. The summed E-state index contributed by atoms with van der Waals surface area (Å²) < 4.78 is 27.1. The van der Waals surface area contributed by atoms with Gasteiger partial charge in [-0.3, -0.25) is 0 Å². The Balaban J connectivity index is 3.20. The van der Waals surface area contributed by atoms with E-state index in [1.54, 1.807) is 13.1 Å². The molecular weight excluding hydrogens is 284 g/mol. The Bertz CT molecular complexity index is 568. The lowest BCUT2D eigenvalue weighted by atomic mass is 10.1. The van der Waals surface area contributed by atoms with Crippen LogP contribution in [0.2, 0.25) is 0 Å². The van der Waals surface area contributed by atoms with E-state index in [1.807, 2.05) is 46.8 Å². The zero-order chi connectivity index (χ0) is 16.2. The fraction of sp³-hybridized carbons (Fsp3) is 0.625. The van der Waals surface area contributed by atoms with Crippen molar-refractivity contribution in [2.45, 2.75) is 52.1 Å². The lowest BCUT2D eigenvalue weighted by Crippen LogP contribution is -2.38. The predicted octanol–water partition coefficient (Wildman–Crippen LogP) is 2.77. The molecule has 0 aromatic heterocycles. The first-order valence-corrected chi connectivity index (χ1v) is 8.94. The number of nitrogens with one attached hydrogen (secondary N) is 1. The number of sulfonamides is 1. The first-order chi connectivity index (χ1) is 9.73. The molecule has 5 heteroatoms. The molecule has 0 aliphatic rings. The summed E-state index contributed by atoms with van der Waals surface area (Å²) in [4.78, 5) is 0.410. The average Bonchev–Trinajstić information content (AvgIpc) is 2.44. The fourth-order valence-corrected chi connectivity index (χ4v) is 3.94. The molecule has 0 bridgehead atoms. The topological polar surface area (TPSA) is 49.4 Å². The number of hydrogen-bond donors (Lipinski definition) is 1. The quantitative estimate of drug-likeness (QED) is 0.842. The summed E-state index contributed by atoms with van der Waals surface area (Å²) in [6, 6.07) is 5.46. The van der Waals surface area contributed by atoms with Crippen molar-refractivity contribution in [3.63, 3.8) is 0 Å². The van der Waals surface area contributed by atoms with Crippen LogP contribution in [0.3, 0.4) is 0 Å². The lowest BCUT2D eigenvalue weighted by molar-refractivity contribution is 0.315. The lowest BCUT2D eigenvalue weighted by Gasteiger charge is -2.28. The zero-order valence-electron chi connectivity index (χ0n) is 14.0. The van der Waals surface area contributed by atoms with Crippen molar-refractivity contribution in [2.24, 2.45) is 5.92 Å². The standard InChI is InChI=1S/C16H28N2O2S/c1-7-17-11-15-9-8-10-16(13(15)4)21(19,20)18(6)14(5)12(2)3/h8-10,12,14,17H,7,11H2,1-6H3. The summed E-state index contributed by atoms with van der Waals surface area (Å²) >= 11 is 0. The van der Waals surface area contributed by atoms with E-state index in [9.17, 15) is 8.42 Å². The van der Waals surface area contributed by atoms with E-state index in [2.05, 4.69) is 5.32 Å². The number of nitrogens with zero attached hydrogens (tertiary/aromatic N) is 1. The summed E-state index contributed by atoms with van der Waals surface area (Å²) in [7, 11) is -1.79. The minimum Gasteiger partial charge on any atom is -0.313 e. The Kier molecular flexibility index (Phi) is 6.38. The second-order valence-electron chi connectivity index (χ2n) is 5.83. The Morgan fingerprint density at radius 3 is 2.38 bits per heavy atom. The highest BCUT2D eigenvalue weighted by molar-refractivity contribution is 7.89. The Hall–Kier alpha value is -0.910. The van der Waals surface area contributed by atoms with Gasteiger partial charge in [-0.25, -0.2) is 8.42 Å². The van der Waals surface area contributed by atoms with E-state index in [-0.39, 0.29) is 12.0 Å². The Morgan fingerprint density at radius 2 is 1.86 bits per heavy atom. The molecule has 0 spiro atoms. The van der Waals surface area contributed by atoms with Gasteiger partial charge in [0.25, 0.3) is 0 Å². The van der Waals surface area contributed by atoms with E-state index < -0.39 is 10.0 Å². The SMILES string of the molecule is CCNCc1cccc(S(=O)(=O)N(C)C(C)C(C)C)c1C. The molecule has 0 radical (unpaired) electrons. The van der Waals surface area contributed by atoms with Crippen molar-refractivity contribution in [1.29, 1.82) is 0 Å². The van der Waals surface area contributed by atoms with Crippen molar-refractivity contribution in [3.05, 3.63) is 29.3 Å². The normalized spacial score (nSPS) is 13.9. The summed E-state index contributed by atoms with van der Waals surface area (Å²) in [6.07, 6.45) is 0. The molecule has 0 fully saturated rings. The van der Waals surface area contributed by atoms with Gasteiger partial charge in [-0.2, -0.15) is 4.31 Å². The third kappa shape index (κ3) is 4.05. The summed E-state index contributed by atoms with van der Waals surface area (Å²) in [5.41, 5.74) is 1.87. The van der Waals surface area contributed by atoms with Gasteiger partial charge in [-0.05, 0) is 43.5 Å². The van der Waals surface area contributed by atoms with Gasteiger partial charge in [0.1, 0.15) is 0 Å². The molecule has 0 saturated heterocycles. The van der Waals surface area contributed by atoms with Gasteiger partial charge in [0.15, 0.2) is 0 Å². The minimum absolute atomic E-state index is 0.0353. The molecule has 0 heterocycles. The molecule has 4 nitrogen and oxygen atoms in total. The van der Waals surface area contributed by atoms with Crippen molar-refractivity contribution < 1.29 is 8.42 Å². The highest BCUT2D eigenvalue weighted by Gasteiger charge is 2.28. The maximum Gasteiger partial charge on any atom is 0.243 e. The van der Waals surface area contributed by atoms with Crippen LogP contribution in [0, 0.1) is 12.8 Å². The van der Waals surface area contributed by atoms with Gasteiger partial charge in [-0.1, -0.05) is 32.9 Å². The summed E-state index contributed by atoms with van der Waals surface area (Å²) in [5.74, 6) is 0.273. The monoisotopic (exact) mass is 312 g/mol. The number of benzene rings is 1. The number of rotatable bonds is 7. The van der Waals surface area contributed by atoms with Crippen LogP contribution in [0.5, 0.6) is 0 Å². The van der Waals surface area contributed by atoms with E-state index in [0.717, 1.165) is 17.7 Å². The minimum atomic E-state index is -3.46. The molecule has 1 aromatic carbocycles. The van der Waals surface area contributed by atoms with Gasteiger partial charge in [0.2, 0.25) is 10.0 Å². The van der Waals surface area contributed by atoms with E-state index >= 15 is 0 Å². The smallest absolute Gasteiger partial charge is 0.243 e. The third-order valence-electron chi connectivity index (χ3n) is 4.16. The molecule has 0 saturated carbocycles. The molecule has 0 aliphatic heterocycles. The Morgan fingerprint density at radius 1 is 1.24 bits per heavy atom. The van der Waals surface area contributed by atoms with Crippen molar-refractivity contribution in [1.82, 2.24) is 9.62 Å². The fourth-order valence-electron chi connectivity index (χ4n) is 2.18. The second-order valence-corrected chi connectivity index (χ2v) is 7.79. The largest absolute Gasteiger partial charge is 0.313 e. The zero-order valence-corrected chi connectivity index (χ0v) is 14.8. The van der Waals surface area contributed by atoms with Gasteiger partial charge in [-0.15, -0.1) is 0 Å². The highest BCUT2D eigenvalue weighted by atomic mass is 32.2.